The van der Waals surface area contributed by atoms with Gasteiger partial charge < -0.3 is 15.4 Å². The highest BCUT2D eigenvalue weighted by molar-refractivity contribution is 5.79. The number of aryl methyl sites for hydroxylation is 1. The zero-order chi connectivity index (χ0) is 20.4. The fraction of sp³-hybridized carbons (Fsp3) is 0.400. The van der Waals surface area contributed by atoms with Crippen LogP contribution >= 0.6 is 0 Å². The fourth-order valence-corrected chi connectivity index (χ4v) is 2.41. The first-order chi connectivity index (χ1) is 13.4. The van der Waals surface area contributed by atoms with E-state index >= 15 is 0 Å². The lowest BCUT2D eigenvalue weighted by atomic mass is 10.1. The van der Waals surface area contributed by atoms with Crippen molar-refractivity contribution in [1.82, 2.24) is 15.6 Å². The Hall–Kier alpha value is -2.61. The lowest BCUT2D eigenvalue weighted by molar-refractivity contribution is -0.176. The van der Waals surface area contributed by atoms with Crippen molar-refractivity contribution in [3.63, 3.8) is 0 Å². The van der Waals surface area contributed by atoms with E-state index in [1.165, 1.54) is 0 Å². The molecule has 0 saturated heterocycles. The molecule has 0 atom stereocenters. The Labute approximate surface area is 163 Å². The molecule has 0 unspecified atom stereocenters. The number of pyridine rings is 1. The van der Waals surface area contributed by atoms with Crippen LogP contribution in [0.5, 0.6) is 0 Å². The van der Waals surface area contributed by atoms with E-state index in [2.05, 4.69) is 25.3 Å². The van der Waals surface area contributed by atoms with Gasteiger partial charge in [-0.3, -0.25) is 4.98 Å². The number of ether oxygens (including phenoxy) is 1. The van der Waals surface area contributed by atoms with Crippen molar-refractivity contribution in [2.75, 3.05) is 13.2 Å². The van der Waals surface area contributed by atoms with Crippen molar-refractivity contribution in [3.8, 4) is 0 Å². The molecule has 0 fully saturated rings. The van der Waals surface area contributed by atoms with Gasteiger partial charge in [0.2, 0.25) is 0 Å². The standard InChI is InChI=1S/C20H25F3N4O/c1-3-24-19(27-12-18-15(2)5-4-10-25-18)26-11-16-6-8-17(9-7-16)13-28-14-20(21,22)23/h4-10H,3,11-14H2,1-2H3,(H2,24,26,27). The molecule has 1 aromatic heterocycles. The summed E-state index contributed by atoms with van der Waals surface area (Å²) in [6, 6.07) is 11.1. The van der Waals surface area contributed by atoms with Gasteiger partial charge in [-0.05, 0) is 36.6 Å². The summed E-state index contributed by atoms with van der Waals surface area (Å²) in [5.74, 6) is 0.671. The van der Waals surface area contributed by atoms with Gasteiger partial charge in [0.25, 0.3) is 0 Å². The van der Waals surface area contributed by atoms with E-state index in [1.807, 2.05) is 38.1 Å². The average molecular weight is 394 g/mol. The number of hydrogen-bond acceptors (Lipinski definition) is 3. The number of aliphatic imine (C=N–C) groups is 1. The molecule has 0 aliphatic carbocycles. The number of nitrogens with one attached hydrogen (secondary N) is 2. The van der Waals surface area contributed by atoms with Crippen LogP contribution in [-0.2, 0) is 24.4 Å². The molecule has 2 aromatic rings. The first-order valence-corrected chi connectivity index (χ1v) is 9.02. The molecule has 0 saturated carbocycles. The van der Waals surface area contributed by atoms with Gasteiger partial charge in [0.1, 0.15) is 6.61 Å². The van der Waals surface area contributed by atoms with Crippen LogP contribution in [0.1, 0.15) is 29.3 Å². The second-order valence-electron chi connectivity index (χ2n) is 6.24. The van der Waals surface area contributed by atoms with Crippen LogP contribution in [0.25, 0.3) is 0 Å². The Morgan fingerprint density at radius 1 is 1.11 bits per heavy atom. The minimum atomic E-state index is -4.31. The fourth-order valence-electron chi connectivity index (χ4n) is 2.41. The van der Waals surface area contributed by atoms with Crippen molar-refractivity contribution >= 4 is 5.96 Å². The number of rotatable bonds is 8. The van der Waals surface area contributed by atoms with E-state index in [9.17, 15) is 13.2 Å². The van der Waals surface area contributed by atoms with E-state index in [0.717, 1.165) is 23.4 Å². The highest BCUT2D eigenvalue weighted by Gasteiger charge is 2.27. The van der Waals surface area contributed by atoms with Crippen LogP contribution in [0.2, 0.25) is 0 Å². The molecule has 1 aromatic carbocycles. The van der Waals surface area contributed by atoms with Crippen LogP contribution in [0, 0.1) is 6.92 Å². The summed E-state index contributed by atoms with van der Waals surface area (Å²) in [5, 5.41) is 6.43. The molecule has 5 nitrogen and oxygen atoms in total. The van der Waals surface area contributed by atoms with E-state index < -0.39 is 12.8 Å². The molecule has 2 N–H and O–H groups in total. The highest BCUT2D eigenvalue weighted by atomic mass is 19.4. The summed E-state index contributed by atoms with van der Waals surface area (Å²) in [6.07, 6.45) is -2.55. The largest absolute Gasteiger partial charge is 0.411 e. The van der Waals surface area contributed by atoms with Gasteiger partial charge in [0.05, 0.1) is 25.4 Å². The molecule has 0 aliphatic heterocycles. The third-order valence-electron chi connectivity index (χ3n) is 3.86. The predicted octanol–water partition coefficient (Wildman–Crippen LogP) is 3.72. The van der Waals surface area contributed by atoms with Crippen molar-refractivity contribution < 1.29 is 17.9 Å². The first kappa shape index (κ1) is 21.7. The van der Waals surface area contributed by atoms with Gasteiger partial charge in [-0.2, -0.15) is 13.2 Å². The van der Waals surface area contributed by atoms with Gasteiger partial charge in [-0.25, -0.2) is 4.99 Å². The van der Waals surface area contributed by atoms with Gasteiger partial charge in [0.15, 0.2) is 5.96 Å². The Morgan fingerprint density at radius 3 is 2.46 bits per heavy atom. The third kappa shape index (κ3) is 7.96. The van der Waals surface area contributed by atoms with Crippen LogP contribution in [0.3, 0.4) is 0 Å². The topological polar surface area (TPSA) is 58.5 Å². The third-order valence-corrected chi connectivity index (χ3v) is 3.86. The zero-order valence-electron chi connectivity index (χ0n) is 16.0. The molecular weight excluding hydrogens is 369 g/mol. The van der Waals surface area contributed by atoms with Gasteiger partial charge in [0, 0.05) is 12.7 Å². The number of benzene rings is 1. The van der Waals surface area contributed by atoms with Crippen LogP contribution in [0.15, 0.2) is 47.6 Å². The molecule has 152 valence electrons. The van der Waals surface area contributed by atoms with E-state index in [0.29, 0.717) is 24.6 Å². The quantitative estimate of drug-likeness (QED) is 0.529. The Balaban J connectivity index is 1.88. The normalized spacial score (nSPS) is 12.1. The summed E-state index contributed by atoms with van der Waals surface area (Å²) in [4.78, 5) is 8.89. The van der Waals surface area contributed by atoms with Gasteiger partial charge in [-0.1, -0.05) is 30.3 Å². The monoisotopic (exact) mass is 394 g/mol. The molecular formula is C20H25F3N4O. The van der Waals surface area contributed by atoms with Crippen molar-refractivity contribution in [2.45, 2.75) is 39.7 Å². The minimum absolute atomic E-state index is 0.0727. The second-order valence-corrected chi connectivity index (χ2v) is 6.24. The molecule has 0 spiro atoms. The van der Waals surface area contributed by atoms with Gasteiger partial charge >= 0.3 is 6.18 Å². The minimum Gasteiger partial charge on any atom is -0.367 e. The molecule has 28 heavy (non-hydrogen) atoms. The summed E-state index contributed by atoms with van der Waals surface area (Å²) in [5.41, 5.74) is 3.70. The van der Waals surface area contributed by atoms with Crippen molar-refractivity contribution in [3.05, 3.63) is 65.0 Å². The van der Waals surface area contributed by atoms with Crippen LogP contribution in [0.4, 0.5) is 13.2 Å². The summed E-state index contributed by atoms with van der Waals surface area (Å²) < 4.78 is 41.0. The lowest BCUT2D eigenvalue weighted by Crippen LogP contribution is -2.37. The van der Waals surface area contributed by atoms with E-state index in [1.54, 1.807) is 18.3 Å². The van der Waals surface area contributed by atoms with E-state index in [4.69, 9.17) is 0 Å². The van der Waals surface area contributed by atoms with Crippen LogP contribution < -0.4 is 10.6 Å². The van der Waals surface area contributed by atoms with Gasteiger partial charge in [-0.15, -0.1) is 0 Å². The highest BCUT2D eigenvalue weighted by Crippen LogP contribution is 2.16. The molecule has 0 radical (unpaired) electrons. The molecule has 0 amide bonds. The SMILES string of the molecule is CCNC(=NCc1ccc(COCC(F)(F)F)cc1)NCc1ncccc1C. The number of alkyl halides is 3. The molecule has 1 heterocycles. The second kappa shape index (κ2) is 10.7. The number of halogens is 3. The molecule has 0 aliphatic rings. The first-order valence-electron chi connectivity index (χ1n) is 9.02. The Bertz CT molecular complexity index is 761. The molecule has 8 heteroatoms. The van der Waals surface area contributed by atoms with Crippen molar-refractivity contribution in [2.24, 2.45) is 4.99 Å². The Kier molecular flexibility index (Phi) is 8.25. The van der Waals surface area contributed by atoms with Crippen molar-refractivity contribution in [1.29, 1.82) is 0 Å². The number of nitrogens with zero attached hydrogens (tertiary/aromatic N) is 2. The van der Waals surface area contributed by atoms with Crippen LogP contribution in [-0.4, -0.2) is 30.3 Å². The predicted molar refractivity (Wildman–Crippen MR) is 103 cm³/mol. The maximum absolute atomic E-state index is 12.1. The average Bonchev–Trinajstić information content (AvgIpc) is 2.65. The molecule has 0 bridgehead atoms. The number of aromatic nitrogens is 1. The zero-order valence-corrected chi connectivity index (χ0v) is 16.0. The lowest BCUT2D eigenvalue weighted by Gasteiger charge is -2.12. The number of guanidine groups is 1. The summed E-state index contributed by atoms with van der Waals surface area (Å²) in [6.45, 7) is 4.41. The molecule has 2 rings (SSSR count). The maximum atomic E-state index is 12.1. The van der Waals surface area contributed by atoms with E-state index in [-0.39, 0.29) is 6.61 Å². The summed E-state index contributed by atoms with van der Waals surface area (Å²) in [7, 11) is 0. The summed E-state index contributed by atoms with van der Waals surface area (Å²) >= 11 is 0. The smallest absolute Gasteiger partial charge is 0.367 e. The maximum Gasteiger partial charge on any atom is 0.411 e. The Morgan fingerprint density at radius 2 is 1.82 bits per heavy atom. The number of hydrogen-bond donors (Lipinski definition) is 2.